The topological polar surface area (TPSA) is 60.7 Å². The zero-order chi connectivity index (χ0) is 32.6. The molecule has 3 rings (SSSR count). The molecule has 3 N–H and O–H groups in total. The molecule has 0 bridgehead atoms. The SMILES string of the molecule is C=C1/C(=C\C=C2/CCC[C@@]3(C)C2CCC3[C@@](C)(CC#CC(O)(C(F)(F)F)C(F)(F)F)CCCC(C)(C)O)C[C@@H](O)C[C@@H]1F. The number of hydrogen-bond acceptors (Lipinski definition) is 3. The largest absolute Gasteiger partial charge is 0.438 e. The third kappa shape index (κ3) is 7.70. The fourth-order valence-corrected chi connectivity index (χ4v) is 7.81. The Balaban J connectivity index is 1.95. The van der Waals surface area contributed by atoms with Crippen molar-refractivity contribution in [1.29, 1.82) is 0 Å². The quantitative estimate of drug-likeness (QED) is 0.198. The summed E-state index contributed by atoms with van der Waals surface area (Å²) >= 11 is 0. The lowest BCUT2D eigenvalue weighted by Crippen LogP contribution is -2.55. The maximum Gasteiger partial charge on any atom is 0.438 e. The van der Waals surface area contributed by atoms with Crippen molar-refractivity contribution in [2.45, 2.75) is 134 Å². The molecule has 43 heavy (non-hydrogen) atoms. The molecule has 2 unspecified atom stereocenters. The molecular weight excluding hydrogens is 577 g/mol. The summed E-state index contributed by atoms with van der Waals surface area (Å²) in [5.74, 6) is 3.28. The highest BCUT2D eigenvalue weighted by atomic mass is 19.4. The molecule has 0 amide bonds. The fourth-order valence-electron chi connectivity index (χ4n) is 7.81. The van der Waals surface area contributed by atoms with Gasteiger partial charge < -0.3 is 15.3 Å². The maximum absolute atomic E-state index is 14.3. The van der Waals surface area contributed by atoms with Crippen molar-refractivity contribution in [3.05, 3.63) is 35.5 Å². The second kappa shape index (κ2) is 12.5. The molecule has 0 saturated heterocycles. The van der Waals surface area contributed by atoms with Gasteiger partial charge in [0.1, 0.15) is 6.17 Å². The summed E-state index contributed by atoms with van der Waals surface area (Å²) in [7, 11) is 0. The molecule has 0 heterocycles. The lowest BCUT2D eigenvalue weighted by atomic mass is 9.55. The van der Waals surface area contributed by atoms with Gasteiger partial charge in [-0.15, -0.1) is 0 Å². The van der Waals surface area contributed by atoms with Crippen molar-refractivity contribution >= 4 is 0 Å². The number of rotatable bonds is 7. The van der Waals surface area contributed by atoms with Crippen LogP contribution in [-0.2, 0) is 0 Å². The molecule has 0 spiro atoms. The second-order valence-electron chi connectivity index (χ2n) is 14.1. The Kier molecular flexibility index (Phi) is 10.4. The number of fused-ring (bicyclic) bond motifs is 1. The van der Waals surface area contributed by atoms with Crippen LogP contribution in [0, 0.1) is 34.5 Å². The summed E-state index contributed by atoms with van der Waals surface area (Å²) in [5, 5.41) is 29.9. The highest BCUT2D eigenvalue weighted by Crippen LogP contribution is 2.63. The van der Waals surface area contributed by atoms with Gasteiger partial charge in [-0.1, -0.05) is 50.5 Å². The minimum absolute atomic E-state index is 0.0212. The van der Waals surface area contributed by atoms with Crippen molar-refractivity contribution in [3.63, 3.8) is 0 Å². The van der Waals surface area contributed by atoms with Crippen LogP contribution in [-0.4, -0.2) is 51.1 Å². The number of hydrogen-bond donors (Lipinski definition) is 3. The Hall–Kier alpha value is -1.83. The maximum atomic E-state index is 14.3. The van der Waals surface area contributed by atoms with Crippen LogP contribution in [0.5, 0.6) is 0 Å². The predicted molar refractivity (Wildman–Crippen MR) is 151 cm³/mol. The monoisotopic (exact) mass is 622 g/mol. The molecule has 0 aromatic heterocycles. The van der Waals surface area contributed by atoms with Crippen molar-refractivity contribution in [2.24, 2.45) is 22.7 Å². The molecule has 6 atom stereocenters. The number of halogens is 7. The molecule has 3 saturated carbocycles. The van der Waals surface area contributed by atoms with E-state index < -0.39 is 41.2 Å². The number of allylic oxidation sites excluding steroid dienone is 4. The van der Waals surface area contributed by atoms with Crippen LogP contribution in [0.2, 0.25) is 0 Å². The molecular formula is C33H45F7O3. The molecule has 3 aliphatic carbocycles. The number of alkyl halides is 7. The van der Waals surface area contributed by atoms with Crippen LogP contribution in [0.25, 0.3) is 0 Å². The van der Waals surface area contributed by atoms with Crippen molar-refractivity contribution < 1.29 is 46.1 Å². The van der Waals surface area contributed by atoms with E-state index in [0.29, 0.717) is 43.3 Å². The standard InChI is InChI=1S/C33H45F7O3/c1-21-23(19-24(41)20-26(21)34)11-10-22-9-6-17-30(5)25(22)12-13-27(30)29(4,15-7-14-28(2,3)42)16-8-18-31(43,32(35,36)37)33(38,39)40/h10-11,24-27,41-43H,1,6-7,9,12-17,19-20H2,2-5H3/b22-10+,23-11-/t24-,25?,26+,27?,29-,30+/m1/s1. The average molecular weight is 623 g/mol. The lowest BCUT2D eigenvalue weighted by molar-refractivity contribution is -0.343. The van der Waals surface area contributed by atoms with Crippen molar-refractivity contribution in [2.75, 3.05) is 0 Å². The van der Waals surface area contributed by atoms with Gasteiger partial charge in [-0.3, -0.25) is 0 Å². The minimum Gasteiger partial charge on any atom is -0.393 e. The first-order valence-corrected chi connectivity index (χ1v) is 15.0. The summed E-state index contributed by atoms with van der Waals surface area (Å²) in [6, 6.07) is 0. The Labute approximate surface area is 250 Å². The Bertz CT molecular complexity index is 1140. The van der Waals surface area contributed by atoms with Crippen molar-refractivity contribution in [1.82, 2.24) is 0 Å². The fraction of sp³-hybridized carbons (Fsp3) is 0.758. The Morgan fingerprint density at radius 3 is 2.21 bits per heavy atom. The lowest BCUT2D eigenvalue weighted by Gasteiger charge is -2.49. The average Bonchev–Trinajstić information content (AvgIpc) is 3.21. The van der Waals surface area contributed by atoms with Gasteiger partial charge in [0.2, 0.25) is 0 Å². The smallest absolute Gasteiger partial charge is 0.393 e. The molecule has 0 aromatic rings. The predicted octanol–water partition coefficient (Wildman–Crippen LogP) is 8.30. The van der Waals surface area contributed by atoms with E-state index in [1.807, 2.05) is 19.1 Å². The van der Waals surface area contributed by atoms with Crippen LogP contribution in [0.15, 0.2) is 35.5 Å². The first-order chi connectivity index (χ1) is 19.5. The second-order valence-corrected chi connectivity index (χ2v) is 14.1. The zero-order valence-electron chi connectivity index (χ0n) is 25.4. The first-order valence-electron chi connectivity index (χ1n) is 15.0. The van der Waals surface area contributed by atoms with Gasteiger partial charge in [-0.25, -0.2) is 4.39 Å². The molecule has 3 fully saturated rings. The summed E-state index contributed by atoms with van der Waals surface area (Å²) in [4.78, 5) is 0. The summed E-state index contributed by atoms with van der Waals surface area (Å²) in [5.41, 5.74) is -5.05. The van der Waals surface area contributed by atoms with Gasteiger partial charge in [0, 0.05) is 12.8 Å². The molecule has 0 radical (unpaired) electrons. The van der Waals surface area contributed by atoms with E-state index in [4.69, 9.17) is 0 Å². The van der Waals surface area contributed by atoms with Crippen molar-refractivity contribution in [3.8, 4) is 11.8 Å². The third-order valence-corrected chi connectivity index (χ3v) is 10.1. The zero-order valence-corrected chi connectivity index (χ0v) is 25.4. The van der Waals surface area contributed by atoms with E-state index >= 15 is 0 Å². The minimum atomic E-state index is -6.01. The molecule has 0 aromatic carbocycles. The van der Waals surface area contributed by atoms with E-state index in [-0.39, 0.29) is 30.1 Å². The Morgan fingerprint density at radius 2 is 1.63 bits per heavy atom. The van der Waals surface area contributed by atoms with Crippen LogP contribution in [0.1, 0.15) is 98.3 Å². The van der Waals surface area contributed by atoms with Gasteiger partial charge in [0.25, 0.3) is 0 Å². The van der Waals surface area contributed by atoms with Crippen LogP contribution in [0.4, 0.5) is 30.7 Å². The summed E-state index contributed by atoms with van der Waals surface area (Å²) in [6.07, 6.45) is -5.02. The van der Waals surface area contributed by atoms with E-state index in [1.54, 1.807) is 13.8 Å². The highest BCUT2D eigenvalue weighted by molar-refractivity contribution is 5.39. The third-order valence-electron chi connectivity index (χ3n) is 10.1. The number of aliphatic hydroxyl groups excluding tert-OH is 1. The first kappa shape index (κ1) is 35.6. The molecule has 10 heteroatoms. The highest BCUT2D eigenvalue weighted by Gasteiger charge is 2.70. The molecule has 3 aliphatic rings. The summed E-state index contributed by atoms with van der Waals surface area (Å²) in [6.45, 7) is 11.1. The van der Waals surface area contributed by atoms with E-state index in [2.05, 4.69) is 19.4 Å². The normalized spacial score (nSPS) is 32.4. The van der Waals surface area contributed by atoms with Gasteiger partial charge in [-0.05, 0) is 105 Å². The molecule has 3 nitrogen and oxygen atoms in total. The van der Waals surface area contributed by atoms with Crippen LogP contribution < -0.4 is 0 Å². The molecule has 244 valence electrons. The van der Waals surface area contributed by atoms with Crippen LogP contribution >= 0.6 is 0 Å². The van der Waals surface area contributed by atoms with Gasteiger partial charge in [-0.2, -0.15) is 26.3 Å². The van der Waals surface area contributed by atoms with E-state index in [1.165, 1.54) is 0 Å². The van der Waals surface area contributed by atoms with E-state index in [9.17, 15) is 46.1 Å². The summed E-state index contributed by atoms with van der Waals surface area (Å²) < 4.78 is 94.1. The molecule has 0 aliphatic heterocycles. The van der Waals surface area contributed by atoms with Gasteiger partial charge in [0.15, 0.2) is 0 Å². The number of aliphatic hydroxyl groups is 3. The van der Waals surface area contributed by atoms with E-state index in [0.717, 1.165) is 37.2 Å². The Morgan fingerprint density at radius 1 is 1.00 bits per heavy atom. The van der Waals surface area contributed by atoms with Gasteiger partial charge in [0.05, 0.1) is 11.7 Å². The van der Waals surface area contributed by atoms with Gasteiger partial charge >= 0.3 is 18.0 Å². The van der Waals surface area contributed by atoms with Crippen LogP contribution in [0.3, 0.4) is 0 Å².